The molecule has 1 aliphatic rings. The molecule has 0 unspecified atom stereocenters. The first-order valence-corrected chi connectivity index (χ1v) is 11.4. The molecule has 1 heterocycles. The van der Waals surface area contributed by atoms with Crippen molar-refractivity contribution in [2.24, 2.45) is 5.92 Å². The van der Waals surface area contributed by atoms with Crippen molar-refractivity contribution >= 4 is 44.8 Å². The molecule has 0 bridgehead atoms. The van der Waals surface area contributed by atoms with E-state index in [4.69, 9.17) is 23.2 Å². The van der Waals surface area contributed by atoms with Crippen LogP contribution in [0, 0.1) is 12.8 Å². The molecule has 0 radical (unpaired) electrons. The lowest BCUT2D eigenvalue weighted by atomic mass is 9.97. The summed E-state index contributed by atoms with van der Waals surface area (Å²) >= 11 is 12.0. The van der Waals surface area contributed by atoms with Gasteiger partial charge in [0.15, 0.2) is 0 Å². The average molecular weight is 441 g/mol. The van der Waals surface area contributed by atoms with Crippen molar-refractivity contribution in [3.8, 4) is 0 Å². The molecule has 0 spiro atoms. The zero-order chi connectivity index (χ0) is 20.3. The van der Waals surface area contributed by atoms with Gasteiger partial charge in [-0.05, 0) is 55.2 Å². The van der Waals surface area contributed by atoms with E-state index < -0.39 is 10.0 Å². The number of carbonyl (C=O) groups is 1. The van der Waals surface area contributed by atoms with Crippen molar-refractivity contribution in [3.63, 3.8) is 0 Å². The summed E-state index contributed by atoms with van der Waals surface area (Å²) in [6.07, 6.45) is 0.973. The molecule has 2 aromatic carbocycles. The standard InChI is InChI=1S/C20H22Cl2N2O3S/c1-14-5-6-18(12-19(14)22)23-20(25)16-7-9-24(10-8-16)28(26,27)13-15-3-2-4-17(21)11-15/h2-6,11-12,16H,7-10,13H2,1H3,(H,23,25). The lowest BCUT2D eigenvalue weighted by Crippen LogP contribution is -2.41. The molecule has 1 N–H and O–H groups in total. The van der Waals surface area contributed by atoms with Gasteiger partial charge >= 0.3 is 0 Å². The maximum absolute atomic E-state index is 12.7. The SMILES string of the molecule is Cc1ccc(NC(=O)C2CCN(S(=O)(=O)Cc3cccc(Cl)c3)CC2)cc1Cl. The summed E-state index contributed by atoms with van der Waals surface area (Å²) in [7, 11) is -3.45. The fourth-order valence-electron chi connectivity index (χ4n) is 3.24. The van der Waals surface area contributed by atoms with Crippen molar-refractivity contribution in [1.82, 2.24) is 4.31 Å². The van der Waals surface area contributed by atoms with Gasteiger partial charge in [-0.2, -0.15) is 0 Å². The third-order valence-electron chi connectivity index (χ3n) is 4.90. The van der Waals surface area contributed by atoms with Crippen molar-refractivity contribution in [2.75, 3.05) is 18.4 Å². The molecule has 5 nitrogen and oxygen atoms in total. The number of piperidine rings is 1. The maximum atomic E-state index is 12.7. The van der Waals surface area contributed by atoms with Gasteiger partial charge in [0.25, 0.3) is 0 Å². The molecular formula is C20H22Cl2N2O3S. The molecule has 1 fully saturated rings. The van der Waals surface area contributed by atoms with Crippen LogP contribution in [-0.4, -0.2) is 31.7 Å². The number of benzene rings is 2. The molecule has 1 aliphatic heterocycles. The molecule has 28 heavy (non-hydrogen) atoms. The summed E-state index contributed by atoms with van der Waals surface area (Å²) in [6, 6.07) is 12.2. The molecule has 1 amide bonds. The first kappa shape index (κ1) is 21.1. The Labute approximate surface area is 175 Å². The Balaban J connectivity index is 1.57. The Kier molecular flexibility index (Phi) is 6.65. The highest BCUT2D eigenvalue weighted by Crippen LogP contribution is 2.25. The molecule has 8 heteroatoms. The van der Waals surface area contributed by atoms with E-state index in [1.165, 1.54) is 4.31 Å². The van der Waals surface area contributed by atoms with Crippen LogP contribution in [0.4, 0.5) is 5.69 Å². The van der Waals surface area contributed by atoms with E-state index in [9.17, 15) is 13.2 Å². The molecular weight excluding hydrogens is 419 g/mol. The number of nitrogens with zero attached hydrogens (tertiary/aromatic N) is 1. The van der Waals surface area contributed by atoms with Crippen LogP contribution in [0.25, 0.3) is 0 Å². The maximum Gasteiger partial charge on any atom is 0.227 e. The Morgan fingerprint density at radius 3 is 2.50 bits per heavy atom. The molecule has 0 atom stereocenters. The quantitative estimate of drug-likeness (QED) is 0.744. The minimum absolute atomic E-state index is 0.0910. The highest BCUT2D eigenvalue weighted by Gasteiger charge is 2.31. The first-order chi connectivity index (χ1) is 13.2. The fourth-order valence-corrected chi connectivity index (χ4v) is 5.18. The molecule has 0 aromatic heterocycles. The summed E-state index contributed by atoms with van der Waals surface area (Å²) in [6.45, 7) is 2.55. The summed E-state index contributed by atoms with van der Waals surface area (Å²) < 4.78 is 26.8. The number of sulfonamides is 1. The Morgan fingerprint density at radius 2 is 1.86 bits per heavy atom. The second kappa shape index (κ2) is 8.82. The smallest absolute Gasteiger partial charge is 0.227 e. The summed E-state index contributed by atoms with van der Waals surface area (Å²) in [5.74, 6) is -0.420. The average Bonchev–Trinajstić information content (AvgIpc) is 2.64. The van der Waals surface area contributed by atoms with Crippen LogP contribution in [0.1, 0.15) is 24.0 Å². The van der Waals surface area contributed by atoms with Gasteiger partial charge in [-0.25, -0.2) is 12.7 Å². The van der Waals surface area contributed by atoms with Gasteiger partial charge < -0.3 is 5.32 Å². The van der Waals surface area contributed by atoms with Crippen LogP contribution in [0.3, 0.4) is 0 Å². The minimum atomic E-state index is -3.45. The van der Waals surface area contributed by atoms with E-state index in [0.717, 1.165) is 5.56 Å². The van der Waals surface area contributed by atoms with Gasteiger partial charge in [0, 0.05) is 34.7 Å². The van der Waals surface area contributed by atoms with Crippen LogP contribution in [-0.2, 0) is 20.6 Å². The van der Waals surface area contributed by atoms with Gasteiger partial charge in [-0.3, -0.25) is 4.79 Å². The number of rotatable bonds is 5. The molecule has 0 aliphatic carbocycles. The summed E-state index contributed by atoms with van der Waals surface area (Å²) in [5.41, 5.74) is 2.25. The fraction of sp³-hybridized carbons (Fsp3) is 0.350. The normalized spacial score (nSPS) is 16.1. The van der Waals surface area contributed by atoms with Crippen LogP contribution in [0.5, 0.6) is 0 Å². The number of hydrogen-bond donors (Lipinski definition) is 1. The predicted molar refractivity (Wildman–Crippen MR) is 113 cm³/mol. The lowest BCUT2D eigenvalue weighted by molar-refractivity contribution is -0.120. The molecule has 3 rings (SSSR count). The number of anilines is 1. The van der Waals surface area contributed by atoms with E-state index in [-0.39, 0.29) is 17.6 Å². The van der Waals surface area contributed by atoms with Gasteiger partial charge in [-0.1, -0.05) is 41.4 Å². The Hall–Kier alpha value is -1.60. The second-order valence-electron chi connectivity index (χ2n) is 7.01. The van der Waals surface area contributed by atoms with Crippen LogP contribution < -0.4 is 5.32 Å². The van der Waals surface area contributed by atoms with Gasteiger partial charge in [0.05, 0.1) is 5.75 Å². The zero-order valence-electron chi connectivity index (χ0n) is 15.5. The minimum Gasteiger partial charge on any atom is -0.326 e. The van der Waals surface area contributed by atoms with Gasteiger partial charge in [0.2, 0.25) is 15.9 Å². The number of aryl methyl sites for hydroxylation is 1. The molecule has 0 saturated carbocycles. The highest BCUT2D eigenvalue weighted by atomic mass is 35.5. The van der Waals surface area contributed by atoms with Gasteiger partial charge in [0.1, 0.15) is 0 Å². The highest BCUT2D eigenvalue weighted by molar-refractivity contribution is 7.88. The first-order valence-electron chi connectivity index (χ1n) is 9.04. The van der Waals surface area contributed by atoms with Crippen LogP contribution >= 0.6 is 23.2 Å². The van der Waals surface area contributed by atoms with E-state index in [1.807, 2.05) is 19.1 Å². The van der Waals surface area contributed by atoms with Crippen molar-refractivity contribution < 1.29 is 13.2 Å². The lowest BCUT2D eigenvalue weighted by Gasteiger charge is -2.30. The van der Waals surface area contributed by atoms with Crippen LogP contribution in [0.15, 0.2) is 42.5 Å². The van der Waals surface area contributed by atoms with E-state index in [2.05, 4.69) is 5.32 Å². The number of halogens is 2. The second-order valence-corrected chi connectivity index (χ2v) is 9.83. The summed E-state index contributed by atoms with van der Waals surface area (Å²) in [5, 5.41) is 3.98. The van der Waals surface area contributed by atoms with E-state index in [1.54, 1.807) is 30.3 Å². The molecule has 1 saturated heterocycles. The predicted octanol–water partition coefficient (Wildman–Crippen LogP) is 4.48. The third-order valence-corrected chi connectivity index (χ3v) is 7.39. The van der Waals surface area contributed by atoms with E-state index in [0.29, 0.717) is 47.2 Å². The number of carbonyl (C=O) groups excluding carboxylic acids is 1. The van der Waals surface area contributed by atoms with Crippen molar-refractivity contribution in [3.05, 3.63) is 63.6 Å². The monoisotopic (exact) mass is 440 g/mol. The Bertz CT molecular complexity index is 971. The van der Waals surface area contributed by atoms with Crippen LogP contribution in [0.2, 0.25) is 10.0 Å². The number of amides is 1. The largest absolute Gasteiger partial charge is 0.326 e. The van der Waals surface area contributed by atoms with Crippen molar-refractivity contribution in [1.29, 1.82) is 0 Å². The van der Waals surface area contributed by atoms with Crippen molar-refractivity contribution in [2.45, 2.75) is 25.5 Å². The topological polar surface area (TPSA) is 66.5 Å². The number of hydrogen-bond acceptors (Lipinski definition) is 3. The zero-order valence-corrected chi connectivity index (χ0v) is 17.8. The van der Waals surface area contributed by atoms with Gasteiger partial charge in [-0.15, -0.1) is 0 Å². The molecule has 150 valence electrons. The third kappa shape index (κ3) is 5.26. The Morgan fingerprint density at radius 1 is 1.14 bits per heavy atom. The number of nitrogens with one attached hydrogen (secondary N) is 1. The van der Waals surface area contributed by atoms with E-state index >= 15 is 0 Å². The summed E-state index contributed by atoms with van der Waals surface area (Å²) in [4.78, 5) is 12.5. The molecule has 2 aromatic rings.